The van der Waals surface area contributed by atoms with E-state index in [0.717, 1.165) is 0 Å². The number of nitrogens with one attached hydrogen (secondary N) is 3. The van der Waals surface area contributed by atoms with Crippen molar-refractivity contribution in [3.63, 3.8) is 0 Å². The molecule has 0 atom stereocenters. The average molecular weight is 565 g/mol. The number of hydrogen-bond donors (Lipinski definition) is 6. The molecule has 0 aromatic heterocycles. The van der Waals surface area contributed by atoms with Crippen LogP contribution in [0.25, 0.3) is 0 Å². The Kier molecular flexibility index (Phi) is 8.73. The molecule has 0 saturated carbocycles. The predicted molar refractivity (Wildman–Crippen MR) is 151 cm³/mol. The van der Waals surface area contributed by atoms with Gasteiger partial charge in [-0.1, -0.05) is 72.8 Å². The van der Waals surface area contributed by atoms with Crippen LogP contribution in [-0.2, 0) is 0 Å². The summed E-state index contributed by atoms with van der Waals surface area (Å²) in [4.78, 5) is 79.6. The second-order valence-corrected chi connectivity index (χ2v) is 8.77. The van der Waals surface area contributed by atoms with Gasteiger partial charge in [0, 0.05) is 33.4 Å². The Bertz CT molecular complexity index is 1680. The fourth-order valence-electron chi connectivity index (χ4n) is 4.47. The van der Waals surface area contributed by atoms with E-state index in [-0.39, 0.29) is 50.1 Å². The van der Waals surface area contributed by atoms with Crippen LogP contribution in [0.5, 0.6) is 0 Å². The van der Waals surface area contributed by atoms with Gasteiger partial charge in [0.15, 0.2) is 17.3 Å². The Hall–Kier alpha value is -5.82. The number of nitrogens with two attached hydrogens (primary N) is 3. The summed E-state index contributed by atoms with van der Waals surface area (Å²) in [6.45, 7) is 0. The molecule has 0 radical (unpaired) electrons. The number of ketones is 3. The van der Waals surface area contributed by atoms with Gasteiger partial charge in [-0.2, -0.15) is 0 Å². The van der Waals surface area contributed by atoms with Gasteiger partial charge in [-0.05, 0) is 18.2 Å². The molecule has 0 saturated heterocycles. The number of rotatable bonds is 9. The molecule has 0 unspecified atom stereocenters. The largest absolute Gasteiger partial charge is 0.290 e. The lowest BCUT2D eigenvalue weighted by molar-refractivity contribution is 0.0934. The van der Waals surface area contributed by atoms with Gasteiger partial charge in [0.25, 0.3) is 17.7 Å². The average Bonchev–Trinajstić information content (AvgIpc) is 3.05. The van der Waals surface area contributed by atoms with Gasteiger partial charge in [0.1, 0.15) is 0 Å². The molecule has 210 valence electrons. The van der Waals surface area contributed by atoms with Crippen molar-refractivity contribution < 1.29 is 28.8 Å². The number of hydrogen-bond acceptors (Lipinski definition) is 9. The molecule has 4 aromatic carbocycles. The molecule has 42 heavy (non-hydrogen) atoms. The Morgan fingerprint density at radius 1 is 0.357 bits per heavy atom. The van der Waals surface area contributed by atoms with Crippen molar-refractivity contribution in [2.45, 2.75) is 0 Å². The molecular weight excluding hydrogens is 540 g/mol. The molecule has 0 heterocycles. The first-order valence-corrected chi connectivity index (χ1v) is 12.3. The number of nitrogen functional groups attached to an aromatic ring is 3. The summed E-state index contributed by atoms with van der Waals surface area (Å²) in [5.74, 6) is 11.2. The highest BCUT2D eigenvalue weighted by molar-refractivity contribution is 6.28. The van der Waals surface area contributed by atoms with Crippen LogP contribution in [0.3, 0.4) is 0 Å². The maximum absolute atomic E-state index is 14.2. The van der Waals surface area contributed by atoms with E-state index in [2.05, 4.69) is 0 Å². The van der Waals surface area contributed by atoms with E-state index in [1.165, 1.54) is 91.0 Å². The Morgan fingerprint density at radius 3 is 0.929 bits per heavy atom. The molecular formula is C30H24N6O6. The van der Waals surface area contributed by atoms with Crippen molar-refractivity contribution in [3.05, 3.63) is 141 Å². The summed E-state index contributed by atoms with van der Waals surface area (Å²) in [6, 6.07) is 21.2. The van der Waals surface area contributed by atoms with E-state index >= 15 is 0 Å². The summed E-state index contributed by atoms with van der Waals surface area (Å²) in [5.41, 5.74) is 4.44. The molecule has 0 fully saturated rings. The van der Waals surface area contributed by atoms with Crippen LogP contribution in [0.4, 0.5) is 0 Å². The molecule has 3 amide bonds. The highest BCUT2D eigenvalue weighted by Crippen LogP contribution is 2.28. The lowest BCUT2D eigenvalue weighted by atomic mass is 9.84. The van der Waals surface area contributed by atoms with Crippen molar-refractivity contribution >= 4 is 35.1 Å². The van der Waals surface area contributed by atoms with Gasteiger partial charge < -0.3 is 0 Å². The third kappa shape index (κ3) is 5.44. The quantitative estimate of drug-likeness (QED) is 0.0743. The van der Waals surface area contributed by atoms with Gasteiger partial charge in [0.2, 0.25) is 0 Å². The van der Waals surface area contributed by atoms with Gasteiger partial charge in [-0.3, -0.25) is 45.0 Å². The summed E-state index contributed by atoms with van der Waals surface area (Å²) in [7, 11) is 0. The monoisotopic (exact) mass is 564 g/mol. The summed E-state index contributed by atoms with van der Waals surface area (Å²) >= 11 is 0. The van der Waals surface area contributed by atoms with Crippen LogP contribution < -0.4 is 33.8 Å². The minimum absolute atomic E-state index is 0.0759. The zero-order valence-corrected chi connectivity index (χ0v) is 21.8. The summed E-state index contributed by atoms with van der Waals surface area (Å²) in [6.07, 6.45) is 0. The van der Waals surface area contributed by atoms with Crippen molar-refractivity contribution in [2.24, 2.45) is 17.5 Å². The number of carbonyl (C=O) groups excluding carboxylic acids is 6. The molecule has 12 heteroatoms. The van der Waals surface area contributed by atoms with Crippen LogP contribution >= 0.6 is 0 Å². The zero-order valence-electron chi connectivity index (χ0n) is 21.8. The van der Waals surface area contributed by atoms with Crippen LogP contribution in [-0.4, -0.2) is 35.1 Å². The third-order valence-electron chi connectivity index (χ3n) is 6.42. The van der Waals surface area contributed by atoms with E-state index < -0.39 is 35.1 Å². The van der Waals surface area contributed by atoms with Crippen LogP contribution in [0.15, 0.2) is 91.0 Å². The Balaban J connectivity index is 2.02. The predicted octanol–water partition coefficient (Wildman–Crippen LogP) is 1.19. The molecule has 4 rings (SSSR count). The number of carbonyl (C=O) groups is 6. The topological polar surface area (TPSA) is 217 Å². The molecule has 9 N–H and O–H groups in total. The Labute approximate surface area is 238 Å². The summed E-state index contributed by atoms with van der Waals surface area (Å²) < 4.78 is 0. The van der Waals surface area contributed by atoms with Crippen molar-refractivity contribution in [1.82, 2.24) is 16.3 Å². The molecule has 0 spiro atoms. The lowest BCUT2D eigenvalue weighted by Crippen LogP contribution is -2.32. The molecule has 0 aliphatic carbocycles. The molecule has 0 aliphatic heterocycles. The number of hydrazine groups is 3. The zero-order chi connectivity index (χ0) is 30.4. The van der Waals surface area contributed by atoms with Gasteiger partial charge in [0.05, 0.1) is 16.7 Å². The van der Waals surface area contributed by atoms with Gasteiger partial charge in [-0.15, -0.1) is 0 Å². The number of amides is 3. The maximum atomic E-state index is 14.2. The van der Waals surface area contributed by atoms with Crippen molar-refractivity contribution in [1.29, 1.82) is 0 Å². The van der Waals surface area contributed by atoms with Crippen LogP contribution in [0.1, 0.15) is 78.8 Å². The lowest BCUT2D eigenvalue weighted by Gasteiger charge is -2.16. The van der Waals surface area contributed by atoms with Crippen molar-refractivity contribution in [3.8, 4) is 0 Å². The second-order valence-electron chi connectivity index (χ2n) is 8.77. The number of benzene rings is 4. The normalized spacial score (nSPS) is 10.4. The first-order valence-electron chi connectivity index (χ1n) is 12.3. The van der Waals surface area contributed by atoms with Crippen LogP contribution in [0, 0.1) is 0 Å². The summed E-state index contributed by atoms with van der Waals surface area (Å²) in [5, 5.41) is 0. The van der Waals surface area contributed by atoms with E-state index in [4.69, 9.17) is 17.5 Å². The van der Waals surface area contributed by atoms with Gasteiger partial charge in [-0.25, -0.2) is 17.5 Å². The van der Waals surface area contributed by atoms with E-state index in [9.17, 15) is 28.8 Å². The standard InChI is InChI=1S/C30H24N6O6/c31-34-28(40)19-11-4-1-8-16(19)25(37)22-14-7-15-23(26(38)17-9-2-5-12-20(17)29(41)35-32)24(22)27(39)18-10-3-6-13-21(18)30(42)36-33/h1-15H,31-33H2,(H,34,40)(H,35,41)(H,36,42). The maximum Gasteiger partial charge on any atom is 0.265 e. The minimum Gasteiger partial charge on any atom is -0.290 e. The minimum atomic E-state index is -0.858. The first-order chi connectivity index (χ1) is 20.2. The Morgan fingerprint density at radius 2 is 0.619 bits per heavy atom. The molecule has 0 bridgehead atoms. The smallest absolute Gasteiger partial charge is 0.265 e. The van der Waals surface area contributed by atoms with Crippen LogP contribution in [0.2, 0.25) is 0 Å². The highest BCUT2D eigenvalue weighted by Gasteiger charge is 2.30. The molecule has 12 nitrogen and oxygen atoms in total. The molecule has 0 aliphatic rings. The highest BCUT2D eigenvalue weighted by atomic mass is 16.2. The van der Waals surface area contributed by atoms with E-state index in [1.54, 1.807) is 0 Å². The fraction of sp³-hybridized carbons (Fsp3) is 0. The van der Waals surface area contributed by atoms with E-state index in [1.807, 2.05) is 16.3 Å². The second kappa shape index (κ2) is 12.6. The van der Waals surface area contributed by atoms with Crippen molar-refractivity contribution in [2.75, 3.05) is 0 Å². The third-order valence-corrected chi connectivity index (χ3v) is 6.42. The van der Waals surface area contributed by atoms with Gasteiger partial charge >= 0.3 is 0 Å². The molecule has 4 aromatic rings. The van der Waals surface area contributed by atoms with E-state index in [0.29, 0.717) is 0 Å². The fourth-order valence-corrected chi connectivity index (χ4v) is 4.47. The SMILES string of the molecule is NNC(=O)c1ccccc1C(=O)c1cccc(C(=O)c2ccccc2C(=O)NN)c1C(=O)c1ccccc1C(=O)NN. The first kappa shape index (κ1) is 29.2.